The van der Waals surface area contributed by atoms with Crippen molar-refractivity contribution in [3.8, 4) is 0 Å². The van der Waals surface area contributed by atoms with Crippen LogP contribution in [0.25, 0.3) is 0 Å². The van der Waals surface area contributed by atoms with Crippen LogP contribution in [0.1, 0.15) is 47.0 Å². The number of amides is 1. The number of likely N-dealkylation sites (tertiary alicyclic amines) is 1. The number of carbonyl (C=O) groups excluding carboxylic acids is 1. The number of nitrogens with one attached hydrogen (secondary N) is 1. The average Bonchev–Trinajstić information content (AvgIpc) is 2.41. The molecule has 0 aliphatic carbocycles. The maximum Gasteiger partial charge on any atom is 0.236 e. The van der Waals surface area contributed by atoms with E-state index < -0.39 is 0 Å². The van der Waals surface area contributed by atoms with Crippen molar-refractivity contribution in [3.05, 3.63) is 0 Å². The molecule has 19 heavy (non-hydrogen) atoms. The van der Waals surface area contributed by atoms with Crippen LogP contribution < -0.4 is 5.32 Å². The summed E-state index contributed by atoms with van der Waals surface area (Å²) in [5, 5.41) is 3.51. The zero-order chi connectivity index (χ0) is 14.3. The molecule has 0 aromatic rings. The van der Waals surface area contributed by atoms with Crippen LogP contribution in [0.4, 0.5) is 0 Å². The number of rotatable bonds is 7. The Labute approximate surface area is 118 Å². The van der Waals surface area contributed by atoms with Crippen molar-refractivity contribution in [1.29, 1.82) is 0 Å². The molecule has 0 aromatic carbocycles. The van der Waals surface area contributed by atoms with E-state index in [1.165, 1.54) is 19.3 Å². The van der Waals surface area contributed by atoms with Gasteiger partial charge < -0.3 is 10.2 Å². The molecule has 1 rings (SSSR count). The van der Waals surface area contributed by atoms with Crippen molar-refractivity contribution in [3.63, 3.8) is 0 Å². The van der Waals surface area contributed by atoms with E-state index in [0.29, 0.717) is 18.6 Å². The Kier molecular flexibility index (Phi) is 7.39. The van der Waals surface area contributed by atoms with Gasteiger partial charge in [0.15, 0.2) is 0 Å². The predicted octanol–water partition coefficient (Wildman–Crippen LogP) is 1.71. The third-order valence-electron chi connectivity index (χ3n) is 4.22. The molecule has 1 amide bonds. The maximum atomic E-state index is 12.3. The smallest absolute Gasteiger partial charge is 0.236 e. The second kappa shape index (κ2) is 8.54. The third kappa shape index (κ3) is 4.77. The zero-order valence-corrected chi connectivity index (χ0v) is 13.1. The average molecular weight is 269 g/mol. The van der Waals surface area contributed by atoms with Gasteiger partial charge in [0.2, 0.25) is 5.91 Å². The summed E-state index contributed by atoms with van der Waals surface area (Å²) in [7, 11) is 0. The molecule has 4 nitrogen and oxygen atoms in total. The summed E-state index contributed by atoms with van der Waals surface area (Å²) in [5.74, 6) is 0.278. The maximum absolute atomic E-state index is 12.3. The van der Waals surface area contributed by atoms with Crippen molar-refractivity contribution < 1.29 is 4.79 Å². The number of nitrogens with zero attached hydrogens (tertiary/aromatic N) is 2. The van der Waals surface area contributed by atoms with E-state index in [1.54, 1.807) is 0 Å². The first-order chi connectivity index (χ1) is 9.13. The molecule has 1 saturated heterocycles. The van der Waals surface area contributed by atoms with Crippen LogP contribution in [-0.4, -0.2) is 60.5 Å². The SMILES string of the molecule is CCNC(C)C1CCCCN1CC(=O)N(CC)CC. The van der Waals surface area contributed by atoms with Crippen LogP contribution in [0.2, 0.25) is 0 Å². The van der Waals surface area contributed by atoms with Crippen molar-refractivity contribution in [1.82, 2.24) is 15.1 Å². The Bertz CT molecular complexity index is 266. The van der Waals surface area contributed by atoms with E-state index >= 15 is 0 Å². The standard InChI is InChI=1S/C15H31N3O/c1-5-16-13(4)14-10-8-9-11-18(14)12-15(19)17(6-2)7-3/h13-14,16H,5-12H2,1-4H3. The quantitative estimate of drug-likeness (QED) is 0.764. The van der Waals surface area contributed by atoms with E-state index in [-0.39, 0.29) is 5.91 Å². The van der Waals surface area contributed by atoms with Gasteiger partial charge in [-0.1, -0.05) is 13.3 Å². The molecule has 1 fully saturated rings. The lowest BCUT2D eigenvalue weighted by Crippen LogP contribution is -2.54. The van der Waals surface area contributed by atoms with Crippen LogP contribution in [0.15, 0.2) is 0 Å². The molecule has 0 bridgehead atoms. The highest BCUT2D eigenvalue weighted by Crippen LogP contribution is 2.19. The lowest BCUT2D eigenvalue weighted by atomic mass is 9.96. The number of hydrogen-bond acceptors (Lipinski definition) is 3. The second-order valence-corrected chi connectivity index (χ2v) is 5.45. The minimum atomic E-state index is 0.278. The van der Waals surface area contributed by atoms with Gasteiger partial charge in [-0.05, 0) is 46.7 Å². The van der Waals surface area contributed by atoms with Gasteiger partial charge in [0.05, 0.1) is 6.54 Å². The Morgan fingerprint density at radius 3 is 2.58 bits per heavy atom. The van der Waals surface area contributed by atoms with E-state index in [0.717, 1.165) is 26.2 Å². The lowest BCUT2D eigenvalue weighted by molar-refractivity contribution is -0.133. The number of carbonyl (C=O) groups is 1. The van der Waals surface area contributed by atoms with Gasteiger partial charge in [-0.25, -0.2) is 0 Å². The van der Waals surface area contributed by atoms with Gasteiger partial charge in [-0.3, -0.25) is 9.69 Å². The van der Waals surface area contributed by atoms with Gasteiger partial charge in [0.1, 0.15) is 0 Å². The summed E-state index contributed by atoms with van der Waals surface area (Å²) in [5.41, 5.74) is 0. The highest BCUT2D eigenvalue weighted by atomic mass is 16.2. The molecule has 0 radical (unpaired) electrons. The third-order valence-corrected chi connectivity index (χ3v) is 4.22. The van der Waals surface area contributed by atoms with Crippen molar-refractivity contribution in [2.45, 2.75) is 59.0 Å². The number of hydrogen-bond donors (Lipinski definition) is 1. The Hall–Kier alpha value is -0.610. The molecule has 1 heterocycles. The topological polar surface area (TPSA) is 35.6 Å². The molecule has 0 aromatic heterocycles. The summed E-state index contributed by atoms with van der Waals surface area (Å²) in [6, 6.07) is 0.975. The highest BCUT2D eigenvalue weighted by Gasteiger charge is 2.28. The Morgan fingerprint density at radius 1 is 1.32 bits per heavy atom. The van der Waals surface area contributed by atoms with Crippen LogP contribution in [0.3, 0.4) is 0 Å². The van der Waals surface area contributed by atoms with Crippen molar-refractivity contribution in [2.24, 2.45) is 0 Å². The minimum Gasteiger partial charge on any atom is -0.342 e. The summed E-state index contributed by atoms with van der Waals surface area (Å²) < 4.78 is 0. The second-order valence-electron chi connectivity index (χ2n) is 5.45. The van der Waals surface area contributed by atoms with Crippen molar-refractivity contribution >= 4 is 5.91 Å². The number of likely N-dealkylation sites (N-methyl/N-ethyl adjacent to an activating group) is 2. The predicted molar refractivity (Wildman–Crippen MR) is 80.3 cm³/mol. The largest absolute Gasteiger partial charge is 0.342 e. The molecule has 1 aliphatic heterocycles. The van der Waals surface area contributed by atoms with Gasteiger partial charge in [-0.15, -0.1) is 0 Å². The fourth-order valence-electron chi connectivity index (χ4n) is 3.09. The molecule has 0 spiro atoms. The Balaban J connectivity index is 2.59. The van der Waals surface area contributed by atoms with Gasteiger partial charge in [-0.2, -0.15) is 0 Å². The highest BCUT2D eigenvalue weighted by molar-refractivity contribution is 5.78. The normalized spacial score (nSPS) is 22.2. The first-order valence-electron chi connectivity index (χ1n) is 7.89. The van der Waals surface area contributed by atoms with Gasteiger partial charge in [0, 0.05) is 25.2 Å². The first kappa shape index (κ1) is 16.4. The summed E-state index contributed by atoms with van der Waals surface area (Å²) in [6.45, 7) is 12.8. The molecule has 112 valence electrons. The van der Waals surface area contributed by atoms with E-state index in [1.807, 2.05) is 4.90 Å². The summed E-state index contributed by atoms with van der Waals surface area (Å²) in [6.07, 6.45) is 3.72. The van der Waals surface area contributed by atoms with Gasteiger partial charge in [0.25, 0.3) is 0 Å². The first-order valence-corrected chi connectivity index (χ1v) is 7.89. The van der Waals surface area contributed by atoms with Gasteiger partial charge >= 0.3 is 0 Å². The molecule has 1 aliphatic rings. The zero-order valence-electron chi connectivity index (χ0n) is 13.1. The number of piperidine rings is 1. The fraction of sp³-hybridized carbons (Fsp3) is 0.933. The molecular weight excluding hydrogens is 238 g/mol. The van der Waals surface area contributed by atoms with E-state index in [4.69, 9.17) is 0 Å². The lowest BCUT2D eigenvalue weighted by Gasteiger charge is -2.39. The Morgan fingerprint density at radius 2 is 2.00 bits per heavy atom. The van der Waals surface area contributed by atoms with E-state index in [9.17, 15) is 4.79 Å². The molecule has 2 atom stereocenters. The summed E-state index contributed by atoms with van der Waals surface area (Å²) in [4.78, 5) is 16.6. The molecule has 4 heteroatoms. The van der Waals surface area contributed by atoms with Crippen LogP contribution in [0.5, 0.6) is 0 Å². The van der Waals surface area contributed by atoms with Crippen LogP contribution >= 0.6 is 0 Å². The molecule has 0 saturated carbocycles. The molecule has 1 N–H and O–H groups in total. The fourth-order valence-corrected chi connectivity index (χ4v) is 3.09. The monoisotopic (exact) mass is 269 g/mol. The van der Waals surface area contributed by atoms with Crippen molar-refractivity contribution in [2.75, 3.05) is 32.7 Å². The summed E-state index contributed by atoms with van der Waals surface area (Å²) >= 11 is 0. The van der Waals surface area contributed by atoms with Crippen LogP contribution in [-0.2, 0) is 4.79 Å². The minimum absolute atomic E-state index is 0.278. The molecular formula is C15H31N3O. The molecule has 2 unspecified atom stereocenters. The van der Waals surface area contributed by atoms with Crippen LogP contribution in [0, 0.1) is 0 Å². The van der Waals surface area contributed by atoms with E-state index in [2.05, 4.69) is 37.9 Å².